The molecule has 0 aromatic heterocycles. The first-order chi connectivity index (χ1) is 13.9. The summed E-state index contributed by atoms with van der Waals surface area (Å²) < 4.78 is 15.6. The van der Waals surface area contributed by atoms with Crippen molar-refractivity contribution in [3.05, 3.63) is 69.8 Å². The Bertz CT molecular complexity index is 971. The molecule has 0 aliphatic carbocycles. The Labute approximate surface area is 166 Å². The van der Waals surface area contributed by atoms with Crippen LogP contribution in [0.15, 0.2) is 48.5 Å². The normalized spacial score (nSPS) is 13.1. The van der Waals surface area contributed by atoms with Crippen LogP contribution in [0.2, 0.25) is 0 Å². The van der Waals surface area contributed by atoms with Crippen LogP contribution in [0.3, 0.4) is 0 Å². The molecule has 0 spiro atoms. The topological polar surface area (TPSA) is 117 Å². The van der Waals surface area contributed by atoms with Gasteiger partial charge in [0.05, 0.1) is 4.92 Å². The van der Waals surface area contributed by atoms with Gasteiger partial charge in [0.1, 0.15) is 0 Å². The van der Waals surface area contributed by atoms with E-state index in [0.29, 0.717) is 17.1 Å². The van der Waals surface area contributed by atoms with Crippen LogP contribution in [0.5, 0.6) is 11.5 Å². The smallest absolute Gasteiger partial charge is 0.331 e. The molecule has 1 aliphatic heterocycles. The van der Waals surface area contributed by atoms with Crippen LogP contribution in [0.1, 0.15) is 18.1 Å². The van der Waals surface area contributed by atoms with Crippen molar-refractivity contribution in [2.24, 2.45) is 0 Å². The van der Waals surface area contributed by atoms with Crippen LogP contribution >= 0.6 is 0 Å². The first-order valence-corrected chi connectivity index (χ1v) is 8.72. The van der Waals surface area contributed by atoms with Crippen LogP contribution in [-0.2, 0) is 20.9 Å². The van der Waals surface area contributed by atoms with Crippen molar-refractivity contribution in [3.8, 4) is 11.5 Å². The minimum atomic E-state index is -1.01. The number of nitro groups is 1. The van der Waals surface area contributed by atoms with Gasteiger partial charge in [0.2, 0.25) is 6.79 Å². The lowest BCUT2D eigenvalue weighted by atomic mass is 10.2. The number of carbonyl (C=O) groups is 2. The summed E-state index contributed by atoms with van der Waals surface area (Å²) in [4.78, 5) is 34.3. The number of amides is 1. The molecule has 150 valence electrons. The molecule has 1 atom stereocenters. The molecular formula is C20H18N2O7. The molecule has 0 saturated carbocycles. The number of hydrogen-bond acceptors (Lipinski definition) is 7. The fourth-order valence-corrected chi connectivity index (χ4v) is 2.56. The Balaban J connectivity index is 1.49. The van der Waals surface area contributed by atoms with Crippen molar-refractivity contribution in [1.29, 1.82) is 0 Å². The Hall–Kier alpha value is -3.88. The predicted molar refractivity (Wildman–Crippen MR) is 102 cm³/mol. The van der Waals surface area contributed by atoms with Crippen LogP contribution in [0.25, 0.3) is 6.08 Å². The van der Waals surface area contributed by atoms with Crippen molar-refractivity contribution >= 4 is 23.6 Å². The maximum Gasteiger partial charge on any atom is 0.331 e. The lowest BCUT2D eigenvalue weighted by molar-refractivity contribution is -0.384. The van der Waals surface area contributed by atoms with Crippen molar-refractivity contribution in [1.82, 2.24) is 5.32 Å². The molecule has 0 unspecified atom stereocenters. The zero-order valence-electron chi connectivity index (χ0n) is 15.5. The van der Waals surface area contributed by atoms with Gasteiger partial charge in [0, 0.05) is 24.8 Å². The first kappa shape index (κ1) is 19.9. The number of esters is 1. The summed E-state index contributed by atoms with van der Waals surface area (Å²) in [7, 11) is 0. The molecule has 1 aliphatic rings. The SMILES string of the molecule is C[C@H](OC(=O)/C=C/c1cccc([N+](=O)[O-])c1)C(=O)NCc1ccc2c(c1)OCO2. The maximum atomic E-state index is 12.1. The second-order valence-corrected chi connectivity index (χ2v) is 6.17. The van der Waals surface area contributed by atoms with E-state index in [9.17, 15) is 19.7 Å². The van der Waals surface area contributed by atoms with Gasteiger partial charge in [0.15, 0.2) is 17.6 Å². The second kappa shape index (κ2) is 8.87. The third-order valence-corrected chi connectivity index (χ3v) is 4.06. The van der Waals surface area contributed by atoms with Gasteiger partial charge in [-0.1, -0.05) is 18.2 Å². The van der Waals surface area contributed by atoms with Crippen molar-refractivity contribution in [3.63, 3.8) is 0 Å². The minimum Gasteiger partial charge on any atom is -0.454 e. The molecular weight excluding hydrogens is 380 g/mol. The lowest BCUT2D eigenvalue weighted by Gasteiger charge is -2.12. The second-order valence-electron chi connectivity index (χ2n) is 6.17. The third kappa shape index (κ3) is 5.32. The molecule has 2 aromatic carbocycles. The van der Waals surface area contributed by atoms with Crippen molar-refractivity contribution in [2.45, 2.75) is 19.6 Å². The number of ether oxygens (including phenoxy) is 3. The Morgan fingerprint density at radius 3 is 2.83 bits per heavy atom. The van der Waals surface area contributed by atoms with Crippen LogP contribution < -0.4 is 14.8 Å². The van der Waals surface area contributed by atoms with E-state index in [0.717, 1.165) is 11.6 Å². The molecule has 2 aromatic rings. The van der Waals surface area contributed by atoms with E-state index in [1.807, 2.05) is 0 Å². The number of hydrogen-bond donors (Lipinski definition) is 1. The van der Waals surface area contributed by atoms with Gasteiger partial charge in [-0.15, -0.1) is 0 Å². The standard InChI is InChI=1S/C20H18N2O7/c1-13(20(24)21-11-15-5-7-17-18(10-15)28-12-27-17)29-19(23)8-6-14-3-2-4-16(9-14)22(25)26/h2-10,13H,11-12H2,1H3,(H,21,24)/b8-6+/t13-/m0/s1. The molecule has 3 rings (SSSR count). The number of rotatable bonds is 7. The minimum absolute atomic E-state index is 0.0863. The van der Waals surface area contributed by atoms with E-state index in [1.54, 1.807) is 24.3 Å². The van der Waals surface area contributed by atoms with Gasteiger partial charge in [-0.2, -0.15) is 0 Å². The fraction of sp³-hybridized carbons (Fsp3) is 0.200. The highest BCUT2D eigenvalue weighted by molar-refractivity contribution is 5.90. The summed E-state index contributed by atoms with van der Waals surface area (Å²) in [6.07, 6.45) is 1.49. The van der Waals surface area contributed by atoms with Crippen molar-refractivity contribution in [2.75, 3.05) is 6.79 Å². The van der Waals surface area contributed by atoms with E-state index in [4.69, 9.17) is 14.2 Å². The van der Waals surface area contributed by atoms with E-state index in [1.165, 1.54) is 31.2 Å². The molecule has 0 saturated heterocycles. The summed E-state index contributed by atoms with van der Waals surface area (Å²) in [5, 5.41) is 13.4. The Kier molecular flexibility index (Phi) is 6.08. The van der Waals surface area contributed by atoms with Gasteiger partial charge < -0.3 is 19.5 Å². The lowest BCUT2D eigenvalue weighted by Crippen LogP contribution is -2.35. The number of non-ortho nitro benzene ring substituents is 1. The van der Waals surface area contributed by atoms with Crippen molar-refractivity contribution < 1.29 is 28.7 Å². The largest absolute Gasteiger partial charge is 0.454 e. The highest BCUT2D eigenvalue weighted by Gasteiger charge is 2.17. The quantitative estimate of drug-likeness (QED) is 0.330. The van der Waals surface area contributed by atoms with E-state index in [2.05, 4.69) is 5.32 Å². The number of fused-ring (bicyclic) bond motifs is 1. The molecule has 9 nitrogen and oxygen atoms in total. The number of nitrogens with one attached hydrogen (secondary N) is 1. The molecule has 0 bridgehead atoms. The summed E-state index contributed by atoms with van der Waals surface area (Å²) >= 11 is 0. The molecule has 1 N–H and O–H groups in total. The van der Waals surface area contributed by atoms with Gasteiger partial charge in [-0.25, -0.2) is 4.79 Å². The van der Waals surface area contributed by atoms with E-state index < -0.39 is 22.9 Å². The summed E-state index contributed by atoms with van der Waals surface area (Å²) in [6.45, 7) is 1.86. The molecule has 1 amide bonds. The van der Waals surface area contributed by atoms with Crippen LogP contribution in [0.4, 0.5) is 5.69 Å². The van der Waals surface area contributed by atoms with Gasteiger partial charge in [-0.05, 0) is 36.3 Å². The first-order valence-electron chi connectivity index (χ1n) is 8.72. The average molecular weight is 398 g/mol. The molecule has 29 heavy (non-hydrogen) atoms. The highest BCUT2D eigenvalue weighted by atomic mass is 16.7. The number of benzene rings is 2. The number of carbonyl (C=O) groups excluding carboxylic acids is 2. The maximum absolute atomic E-state index is 12.1. The van der Waals surface area contributed by atoms with Crippen LogP contribution in [-0.4, -0.2) is 29.7 Å². The molecule has 0 radical (unpaired) electrons. The number of nitro benzene ring substituents is 1. The third-order valence-electron chi connectivity index (χ3n) is 4.06. The Morgan fingerprint density at radius 1 is 1.24 bits per heavy atom. The van der Waals surface area contributed by atoms with Gasteiger partial charge in [-0.3, -0.25) is 14.9 Å². The summed E-state index contributed by atoms with van der Waals surface area (Å²) in [5.74, 6) is 0.0717. The van der Waals surface area contributed by atoms with Crippen LogP contribution in [0, 0.1) is 10.1 Å². The van der Waals surface area contributed by atoms with E-state index >= 15 is 0 Å². The summed E-state index contributed by atoms with van der Waals surface area (Å²) in [5.41, 5.74) is 1.19. The Morgan fingerprint density at radius 2 is 2.03 bits per heavy atom. The molecule has 9 heteroatoms. The zero-order chi connectivity index (χ0) is 20.8. The number of nitrogens with zero attached hydrogens (tertiary/aromatic N) is 1. The summed E-state index contributed by atoms with van der Waals surface area (Å²) in [6, 6.07) is 11.1. The van der Waals surface area contributed by atoms with Gasteiger partial charge >= 0.3 is 5.97 Å². The van der Waals surface area contributed by atoms with E-state index in [-0.39, 0.29) is 19.0 Å². The molecule has 1 heterocycles. The average Bonchev–Trinajstić information content (AvgIpc) is 3.18. The zero-order valence-corrected chi connectivity index (χ0v) is 15.5. The monoisotopic (exact) mass is 398 g/mol. The van der Waals surface area contributed by atoms with Gasteiger partial charge in [0.25, 0.3) is 11.6 Å². The molecule has 0 fully saturated rings. The fourth-order valence-electron chi connectivity index (χ4n) is 2.56. The highest BCUT2D eigenvalue weighted by Crippen LogP contribution is 2.32. The predicted octanol–water partition coefficient (Wildman–Crippen LogP) is 2.58.